The Morgan fingerprint density at radius 3 is 2.31 bits per heavy atom. The molecule has 164 valence electrons. The lowest BCUT2D eigenvalue weighted by atomic mass is 10.1. The summed E-state index contributed by atoms with van der Waals surface area (Å²) in [6.07, 6.45) is 0. The zero-order valence-electron chi connectivity index (χ0n) is 17.8. The molecular weight excluding hydrogens is 414 g/mol. The number of carbonyl (C=O) groups excluding carboxylic acids is 2. The molecule has 0 atom stereocenters. The van der Waals surface area contributed by atoms with Gasteiger partial charge < -0.3 is 23.5 Å². The van der Waals surface area contributed by atoms with Crippen LogP contribution in [0.4, 0.5) is 5.69 Å². The van der Waals surface area contributed by atoms with Crippen LogP contribution in [0, 0.1) is 6.92 Å². The van der Waals surface area contributed by atoms with Crippen LogP contribution in [0.5, 0.6) is 0 Å². The van der Waals surface area contributed by atoms with E-state index in [2.05, 4.69) is 10.2 Å². The maximum Gasteiger partial charge on any atom is 0.355 e. The number of ether oxygens (including phenoxy) is 3. The van der Waals surface area contributed by atoms with Crippen LogP contribution in [0.25, 0.3) is 22.9 Å². The van der Waals surface area contributed by atoms with Gasteiger partial charge in [0.25, 0.3) is 0 Å². The lowest BCUT2D eigenvalue weighted by molar-refractivity contribution is -0.140. The fourth-order valence-corrected chi connectivity index (χ4v) is 3.31. The molecule has 0 N–H and O–H groups in total. The van der Waals surface area contributed by atoms with Gasteiger partial charge in [0.1, 0.15) is 12.4 Å². The van der Waals surface area contributed by atoms with E-state index in [1.807, 2.05) is 37.3 Å². The number of aromatic nitrogens is 2. The molecule has 2 aromatic carbocycles. The van der Waals surface area contributed by atoms with Crippen molar-refractivity contribution in [2.75, 3.05) is 32.5 Å². The summed E-state index contributed by atoms with van der Waals surface area (Å²) in [6.45, 7) is 1.99. The third kappa shape index (κ3) is 4.10. The summed E-state index contributed by atoms with van der Waals surface area (Å²) in [4.78, 5) is 26.2. The normalized spacial score (nSPS) is 13.8. The average molecular weight is 435 g/mol. The molecule has 1 aliphatic heterocycles. The molecule has 0 saturated heterocycles. The van der Waals surface area contributed by atoms with Crippen molar-refractivity contribution < 1.29 is 28.2 Å². The summed E-state index contributed by atoms with van der Waals surface area (Å²) in [5.74, 6) is -0.614. The molecule has 0 saturated carbocycles. The molecule has 1 aliphatic rings. The quantitative estimate of drug-likeness (QED) is 0.559. The molecule has 0 amide bonds. The van der Waals surface area contributed by atoms with Crippen LogP contribution in [-0.2, 0) is 23.8 Å². The number of hydrogen-bond donors (Lipinski definition) is 0. The lowest BCUT2D eigenvalue weighted by Gasteiger charge is -2.31. The van der Waals surface area contributed by atoms with E-state index in [9.17, 15) is 9.59 Å². The van der Waals surface area contributed by atoms with Crippen LogP contribution in [0.15, 0.2) is 64.2 Å². The monoisotopic (exact) mass is 435 g/mol. The Morgan fingerprint density at radius 2 is 1.62 bits per heavy atom. The standard InChI is InChI=1S/C23H21N3O6/c1-14-7-9-15(10-8-14)20-24-25-21(32-20)16-5-4-6-17(11-16)26-13-31-12-18(22(27)29-2)19(26)23(28)30-3/h4-11H,12-13H2,1-3H3. The second-order valence-corrected chi connectivity index (χ2v) is 7.04. The summed E-state index contributed by atoms with van der Waals surface area (Å²) >= 11 is 0. The van der Waals surface area contributed by atoms with Crippen LogP contribution in [0.2, 0.25) is 0 Å². The van der Waals surface area contributed by atoms with E-state index in [0.717, 1.165) is 11.1 Å². The lowest BCUT2D eigenvalue weighted by Crippen LogP contribution is -2.38. The van der Waals surface area contributed by atoms with E-state index in [1.165, 1.54) is 14.2 Å². The van der Waals surface area contributed by atoms with Crippen LogP contribution >= 0.6 is 0 Å². The maximum absolute atomic E-state index is 12.5. The number of aryl methyl sites for hydroxylation is 1. The Balaban J connectivity index is 1.70. The molecule has 3 aromatic rings. The zero-order valence-corrected chi connectivity index (χ0v) is 17.8. The third-order valence-corrected chi connectivity index (χ3v) is 4.96. The number of benzene rings is 2. The first kappa shape index (κ1) is 21.3. The molecule has 0 aliphatic carbocycles. The predicted molar refractivity (Wildman–Crippen MR) is 114 cm³/mol. The molecule has 0 unspecified atom stereocenters. The highest BCUT2D eigenvalue weighted by atomic mass is 16.5. The maximum atomic E-state index is 12.5. The smallest absolute Gasteiger partial charge is 0.355 e. The van der Waals surface area contributed by atoms with Crippen molar-refractivity contribution in [3.05, 3.63) is 65.4 Å². The zero-order chi connectivity index (χ0) is 22.7. The van der Waals surface area contributed by atoms with Crippen LogP contribution in [0.3, 0.4) is 0 Å². The Hall–Kier alpha value is -3.98. The molecule has 9 nitrogen and oxygen atoms in total. The molecule has 9 heteroatoms. The highest BCUT2D eigenvalue weighted by Crippen LogP contribution is 2.31. The highest BCUT2D eigenvalue weighted by Gasteiger charge is 2.32. The molecule has 0 spiro atoms. The minimum absolute atomic E-state index is 0.0484. The Morgan fingerprint density at radius 1 is 0.938 bits per heavy atom. The van der Waals surface area contributed by atoms with Gasteiger partial charge in [0, 0.05) is 16.8 Å². The average Bonchev–Trinajstić information content (AvgIpc) is 3.33. The van der Waals surface area contributed by atoms with E-state index >= 15 is 0 Å². The minimum atomic E-state index is -0.668. The van der Waals surface area contributed by atoms with Crippen LogP contribution in [0.1, 0.15) is 5.56 Å². The number of rotatable bonds is 5. The van der Waals surface area contributed by atoms with Crippen molar-refractivity contribution in [3.63, 3.8) is 0 Å². The molecule has 32 heavy (non-hydrogen) atoms. The van der Waals surface area contributed by atoms with Crippen molar-refractivity contribution in [1.29, 1.82) is 0 Å². The van der Waals surface area contributed by atoms with Gasteiger partial charge in [-0.05, 0) is 37.3 Å². The van der Waals surface area contributed by atoms with Crippen molar-refractivity contribution >= 4 is 17.6 Å². The van der Waals surface area contributed by atoms with E-state index < -0.39 is 11.9 Å². The van der Waals surface area contributed by atoms with Gasteiger partial charge in [-0.15, -0.1) is 10.2 Å². The SMILES string of the molecule is COC(=O)C1=C(C(=O)OC)N(c2cccc(-c3nnc(-c4ccc(C)cc4)o3)c2)COC1. The number of anilines is 1. The minimum Gasteiger partial charge on any atom is -0.466 e. The van der Waals surface area contributed by atoms with E-state index in [0.29, 0.717) is 23.0 Å². The number of hydrogen-bond acceptors (Lipinski definition) is 9. The molecule has 1 aromatic heterocycles. The molecule has 0 bridgehead atoms. The van der Waals surface area contributed by atoms with Gasteiger partial charge in [-0.1, -0.05) is 23.8 Å². The van der Waals surface area contributed by atoms with Gasteiger partial charge in [0.15, 0.2) is 0 Å². The third-order valence-electron chi connectivity index (χ3n) is 4.96. The molecule has 2 heterocycles. The van der Waals surface area contributed by atoms with Gasteiger partial charge in [0.2, 0.25) is 11.8 Å². The first-order valence-corrected chi connectivity index (χ1v) is 9.78. The van der Waals surface area contributed by atoms with E-state index in [4.69, 9.17) is 18.6 Å². The Kier molecular flexibility index (Phi) is 6.00. The largest absolute Gasteiger partial charge is 0.466 e. The summed E-state index contributed by atoms with van der Waals surface area (Å²) < 4.78 is 21.1. The van der Waals surface area contributed by atoms with E-state index in [1.54, 1.807) is 23.1 Å². The predicted octanol–water partition coefficient (Wildman–Crippen LogP) is 3.11. The summed E-state index contributed by atoms with van der Waals surface area (Å²) in [5, 5.41) is 8.29. The number of esters is 2. The van der Waals surface area contributed by atoms with Gasteiger partial charge >= 0.3 is 11.9 Å². The molecular formula is C23H21N3O6. The fourth-order valence-electron chi connectivity index (χ4n) is 3.31. The van der Waals surface area contributed by atoms with Crippen molar-refractivity contribution in [2.24, 2.45) is 0 Å². The molecule has 0 fully saturated rings. The fraction of sp³-hybridized carbons (Fsp3) is 0.217. The van der Waals surface area contributed by atoms with Crippen molar-refractivity contribution in [1.82, 2.24) is 10.2 Å². The highest BCUT2D eigenvalue weighted by molar-refractivity contribution is 6.03. The Labute approximate surface area is 184 Å². The topological polar surface area (TPSA) is 104 Å². The first-order valence-electron chi connectivity index (χ1n) is 9.78. The molecule has 0 radical (unpaired) electrons. The van der Waals surface area contributed by atoms with E-state index in [-0.39, 0.29) is 24.6 Å². The van der Waals surface area contributed by atoms with Gasteiger partial charge in [-0.3, -0.25) is 0 Å². The summed E-state index contributed by atoms with van der Waals surface area (Å²) in [5.41, 5.74) is 3.31. The Bertz CT molecular complexity index is 1180. The summed E-state index contributed by atoms with van der Waals surface area (Å²) in [7, 11) is 2.49. The first-order chi connectivity index (χ1) is 15.5. The number of methoxy groups -OCH3 is 2. The number of carbonyl (C=O) groups is 2. The van der Waals surface area contributed by atoms with Crippen molar-refractivity contribution in [2.45, 2.75) is 6.92 Å². The summed E-state index contributed by atoms with van der Waals surface area (Å²) in [6, 6.07) is 14.9. The molecule has 4 rings (SSSR count). The number of nitrogens with zero attached hydrogens (tertiary/aromatic N) is 3. The second-order valence-electron chi connectivity index (χ2n) is 7.04. The van der Waals surface area contributed by atoms with Gasteiger partial charge in [-0.2, -0.15) is 0 Å². The van der Waals surface area contributed by atoms with Crippen LogP contribution in [-0.4, -0.2) is 49.7 Å². The van der Waals surface area contributed by atoms with Crippen LogP contribution < -0.4 is 4.90 Å². The van der Waals surface area contributed by atoms with Gasteiger partial charge in [-0.25, -0.2) is 9.59 Å². The second kappa shape index (κ2) is 9.03. The van der Waals surface area contributed by atoms with Gasteiger partial charge in [0.05, 0.1) is 26.4 Å². The van der Waals surface area contributed by atoms with Crippen molar-refractivity contribution in [3.8, 4) is 22.9 Å².